The third-order valence-electron chi connectivity index (χ3n) is 6.26. The molecule has 1 aliphatic heterocycles. The number of hydrogen-bond acceptors (Lipinski definition) is 7. The molecule has 0 bridgehead atoms. The molecule has 0 saturated heterocycles. The number of allylic oxidation sites excluding steroid dienone is 2. The Morgan fingerprint density at radius 1 is 1.06 bits per heavy atom. The number of aryl methyl sites for hydroxylation is 1. The lowest BCUT2D eigenvalue weighted by atomic mass is 9.91. The number of fused-ring (bicyclic) bond motifs is 3. The topological polar surface area (TPSA) is 120 Å². The van der Waals surface area contributed by atoms with Gasteiger partial charge in [0.05, 0.1) is 16.6 Å². The van der Waals surface area contributed by atoms with Gasteiger partial charge in [0, 0.05) is 17.2 Å². The fraction of sp³-hybridized carbons (Fsp3) is 0.393. The summed E-state index contributed by atoms with van der Waals surface area (Å²) in [6, 6.07) is 1.57. The summed E-state index contributed by atoms with van der Waals surface area (Å²) in [5.41, 5.74) is -0.165. The first kappa shape index (κ1) is 24.7. The van der Waals surface area contributed by atoms with E-state index in [-0.39, 0.29) is 63.8 Å². The van der Waals surface area contributed by atoms with E-state index in [1.165, 1.54) is 0 Å². The van der Waals surface area contributed by atoms with Crippen LogP contribution in [-0.4, -0.2) is 31.6 Å². The first-order valence-corrected chi connectivity index (χ1v) is 11.7. The molecule has 0 amide bonds. The summed E-state index contributed by atoms with van der Waals surface area (Å²) in [5.74, 6) is -0.688. The van der Waals surface area contributed by atoms with Crippen LogP contribution < -0.4 is 10.2 Å². The van der Waals surface area contributed by atoms with Gasteiger partial charge in [0.15, 0.2) is 11.5 Å². The molecule has 1 aliphatic rings. The van der Waals surface area contributed by atoms with E-state index in [1.54, 1.807) is 32.1 Å². The maximum atomic E-state index is 13.9. The van der Waals surface area contributed by atoms with Crippen LogP contribution in [0.1, 0.15) is 64.7 Å². The van der Waals surface area contributed by atoms with Crippen LogP contribution in [0.25, 0.3) is 28.0 Å². The second-order valence-corrected chi connectivity index (χ2v) is 10.6. The first-order valence-electron chi connectivity index (χ1n) is 11.7. The smallest absolute Gasteiger partial charge is 0.204 e. The lowest BCUT2D eigenvalue weighted by Gasteiger charge is -2.28. The number of ether oxygens (including phenoxy) is 1. The highest BCUT2D eigenvalue weighted by molar-refractivity contribution is 6.00. The molecule has 2 heterocycles. The van der Waals surface area contributed by atoms with Gasteiger partial charge in [0.2, 0.25) is 5.43 Å². The maximum Gasteiger partial charge on any atom is 0.204 e. The Balaban J connectivity index is 2.12. The van der Waals surface area contributed by atoms with Crippen molar-refractivity contribution in [1.82, 2.24) is 0 Å². The normalized spacial score (nSPS) is 14.7. The quantitative estimate of drug-likeness (QED) is 0.217. The second-order valence-electron chi connectivity index (χ2n) is 10.6. The summed E-state index contributed by atoms with van der Waals surface area (Å²) in [4.78, 5) is 13.9. The Hall–Kier alpha value is -3.45. The molecule has 0 radical (unpaired) electrons. The van der Waals surface area contributed by atoms with E-state index in [2.05, 4.69) is 0 Å². The Morgan fingerprint density at radius 2 is 1.71 bits per heavy atom. The molecule has 0 spiro atoms. The van der Waals surface area contributed by atoms with Gasteiger partial charge in [0.1, 0.15) is 33.7 Å². The molecular formula is C28H32O7. The molecule has 0 saturated carbocycles. The van der Waals surface area contributed by atoms with Crippen molar-refractivity contribution in [2.75, 3.05) is 0 Å². The van der Waals surface area contributed by atoms with Crippen molar-refractivity contribution in [2.45, 2.75) is 72.0 Å². The molecule has 0 unspecified atom stereocenters. The number of hydrogen-bond donors (Lipinski definition) is 4. The number of rotatable bonds is 5. The SMILES string of the molecule is CC(C)=CCc1c(O)c(O)c(CCC(C)(C)O)c2c(=O)c3c(O)c4c(cc3oc12)OC(C)(C)C=C4. The molecule has 3 aromatic rings. The minimum atomic E-state index is -1.07. The minimum absolute atomic E-state index is 0.0352. The Labute approximate surface area is 203 Å². The largest absolute Gasteiger partial charge is 0.506 e. The van der Waals surface area contributed by atoms with Crippen molar-refractivity contribution in [1.29, 1.82) is 0 Å². The van der Waals surface area contributed by atoms with Crippen LogP contribution in [0.15, 0.2) is 33.0 Å². The predicted molar refractivity (Wildman–Crippen MR) is 136 cm³/mol. The van der Waals surface area contributed by atoms with Crippen LogP contribution in [0.5, 0.6) is 23.0 Å². The molecule has 4 N–H and O–H groups in total. The molecule has 7 nitrogen and oxygen atoms in total. The summed E-state index contributed by atoms with van der Waals surface area (Å²) in [7, 11) is 0. The summed E-state index contributed by atoms with van der Waals surface area (Å²) in [6.45, 7) is 10.8. The molecule has 35 heavy (non-hydrogen) atoms. The van der Waals surface area contributed by atoms with Crippen molar-refractivity contribution in [2.24, 2.45) is 0 Å². The average molecular weight is 481 g/mol. The van der Waals surface area contributed by atoms with Crippen LogP contribution in [0, 0.1) is 0 Å². The summed E-state index contributed by atoms with van der Waals surface area (Å²) >= 11 is 0. The fourth-order valence-corrected chi connectivity index (χ4v) is 4.34. The van der Waals surface area contributed by atoms with Crippen molar-refractivity contribution in [3.05, 3.63) is 50.7 Å². The average Bonchev–Trinajstić information content (AvgIpc) is 2.72. The minimum Gasteiger partial charge on any atom is -0.506 e. The molecule has 0 fully saturated rings. The predicted octanol–water partition coefficient (Wildman–Crippen LogP) is 5.46. The molecule has 7 heteroatoms. The molecule has 1 aromatic heterocycles. The van der Waals surface area contributed by atoms with Crippen LogP contribution in [0.2, 0.25) is 0 Å². The number of phenols is 3. The zero-order chi connectivity index (χ0) is 25.9. The number of benzene rings is 2. The van der Waals surface area contributed by atoms with Gasteiger partial charge >= 0.3 is 0 Å². The monoisotopic (exact) mass is 480 g/mol. The second kappa shape index (κ2) is 8.34. The van der Waals surface area contributed by atoms with Gasteiger partial charge in [0.25, 0.3) is 0 Å². The van der Waals surface area contributed by atoms with Gasteiger partial charge in [-0.3, -0.25) is 4.79 Å². The number of aromatic hydroxyl groups is 3. The molecule has 2 aromatic carbocycles. The first-order chi connectivity index (χ1) is 16.2. The van der Waals surface area contributed by atoms with Crippen LogP contribution in [0.4, 0.5) is 0 Å². The highest BCUT2D eigenvalue weighted by Crippen LogP contribution is 2.45. The number of aliphatic hydroxyl groups is 1. The van der Waals surface area contributed by atoms with E-state index in [9.17, 15) is 25.2 Å². The number of phenolic OH excluding ortho intramolecular Hbond substituents is 3. The summed E-state index contributed by atoms with van der Waals surface area (Å²) < 4.78 is 12.2. The highest BCUT2D eigenvalue weighted by Gasteiger charge is 2.29. The molecular weight excluding hydrogens is 448 g/mol. The van der Waals surface area contributed by atoms with Crippen molar-refractivity contribution in [3.8, 4) is 23.0 Å². The summed E-state index contributed by atoms with van der Waals surface area (Å²) in [6.07, 6.45) is 5.92. The fourth-order valence-electron chi connectivity index (χ4n) is 4.34. The highest BCUT2D eigenvalue weighted by atomic mass is 16.5. The van der Waals surface area contributed by atoms with E-state index >= 15 is 0 Å². The van der Waals surface area contributed by atoms with E-state index in [0.717, 1.165) is 5.57 Å². The van der Waals surface area contributed by atoms with Gasteiger partial charge in [-0.05, 0) is 73.0 Å². The Kier molecular flexibility index (Phi) is 5.88. The van der Waals surface area contributed by atoms with Gasteiger partial charge in [-0.2, -0.15) is 0 Å². The third-order valence-corrected chi connectivity index (χ3v) is 6.26. The lowest BCUT2D eigenvalue weighted by Crippen LogP contribution is -2.27. The zero-order valence-electron chi connectivity index (χ0n) is 20.9. The van der Waals surface area contributed by atoms with Gasteiger partial charge in [-0.1, -0.05) is 11.6 Å². The van der Waals surface area contributed by atoms with Gasteiger partial charge < -0.3 is 29.6 Å². The molecule has 0 atom stereocenters. The standard InChI is InChI=1S/C28H32O7/c1-14(2)7-8-17-24(31)23(30)16(9-11-27(3,4)33)20-25(32)21-19(34-26(17)20)13-18-15(22(21)29)10-12-28(5,6)35-18/h7,10,12-13,29-31,33H,8-9,11H2,1-6H3. The van der Waals surface area contributed by atoms with Crippen molar-refractivity contribution < 1.29 is 29.6 Å². The molecule has 186 valence electrons. The Morgan fingerprint density at radius 3 is 2.34 bits per heavy atom. The van der Waals surface area contributed by atoms with Crippen LogP contribution >= 0.6 is 0 Å². The van der Waals surface area contributed by atoms with E-state index in [4.69, 9.17) is 9.15 Å². The van der Waals surface area contributed by atoms with E-state index < -0.39 is 22.4 Å². The van der Waals surface area contributed by atoms with E-state index in [0.29, 0.717) is 11.3 Å². The van der Waals surface area contributed by atoms with Gasteiger partial charge in [-0.25, -0.2) is 0 Å². The van der Waals surface area contributed by atoms with E-state index in [1.807, 2.05) is 33.8 Å². The Bertz CT molecular complexity index is 1460. The summed E-state index contributed by atoms with van der Waals surface area (Å²) in [5, 5.41) is 43.2. The van der Waals surface area contributed by atoms with Crippen molar-refractivity contribution in [3.63, 3.8) is 0 Å². The van der Waals surface area contributed by atoms with Crippen molar-refractivity contribution >= 4 is 28.0 Å². The van der Waals surface area contributed by atoms with Crippen LogP contribution in [-0.2, 0) is 12.8 Å². The van der Waals surface area contributed by atoms with Crippen LogP contribution in [0.3, 0.4) is 0 Å². The maximum absolute atomic E-state index is 13.9. The van der Waals surface area contributed by atoms with Gasteiger partial charge in [-0.15, -0.1) is 0 Å². The molecule has 4 rings (SSSR count). The lowest BCUT2D eigenvalue weighted by molar-refractivity contribution is 0.0713. The molecule has 0 aliphatic carbocycles. The zero-order valence-corrected chi connectivity index (χ0v) is 20.9. The third kappa shape index (κ3) is 4.48.